The fraction of sp³-hybridized carbons (Fsp3) is 0.692. The fourth-order valence-corrected chi connectivity index (χ4v) is 3.64. The second-order valence-electron chi connectivity index (χ2n) is 5.16. The van der Waals surface area contributed by atoms with E-state index in [4.69, 9.17) is 11.6 Å². The van der Waals surface area contributed by atoms with Crippen molar-refractivity contribution < 1.29 is 0 Å². The SMILES string of the molecule is CC(NC1CCN(C)CC1C)c1ccc(Cl)s1. The molecule has 0 radical (unpaired) electrons. The number of halogens is 1. The van der Waals surface area contributed by atoms with Crippen LogP contribution < -0.4 is 5.32 Å². The van der Waals surface area contributed by atoms with Crippen LogP contribution in [0.1, 0.15) is 31.2 Å². The average molecular weight is 273 g/mol. The van der Waals surface area contributed by atoms with Crippen LogP contribution in [-0.4, -0.2) is 31.1 Å². The van der Waals surface area contributed by atoms with E-state index in [1.807, 2.05) is 6.07 Å². The highest BCUT2D eigenvalue weighted by Gasteiger charge is 2.25. The quantitative estimate of drug-likeness (QED) is 0.907. The molecule has 2 rings (SSSR count). The van der Waals surface area contributed by atoms with Crippen LogP contribution in [0.3, 0.4) is 0 Å². The summed E-state index contributed by atoms with van der Waals surface area (Å²) in [6, 6.07) is 5.15. The zero-order valence-corrected chi connectivity index (χ0v) is 12.3. The van der Waals surface area contributed by atoms with Crippen molar-refractivity contribution in [1.82, 2.24) is 10.2 Å². The Morgan fingerprint density at radius 3 is 2.88 bits per heavy atom. The lowest BCUT2D eigenvalue weighted by atomic mass is 9.93. The third kappa shape index (κ3) is 3.44. The van der Waals surface area contributed by atoms with E-state index in [1.165, 1.54) is 24.4 Å². The average Bonchev–Trinajstić information content (AvgIpc) is 2.69. The Labute approximate surface area is 113 Å². The summed E-state index contributed by atoms with van der Waals surface area (Å²) in [7, 11) is 2.20. The van der Waals surface area contributed by atoms with E-state index < -0.39 is 0 Å². The molecular weight excluding hydrogens is 252 g/mol. The number of hydrogen-bond donors (Lipinski definition) is 1. The van der Waals surface area contributed by atoms with Gasteiger partial charge in [-0.15, -0.1) is 11.3 Å². The summed E-state index contributed by atoms with van der Waals surface area (Å²) in [6.45, 7) is 6.95. The summed E-state index contributed by atoms with van der Waals surface area (Å²) in [5.41, 5.74) is 0. The molecule has 0 aromatic carbocycles. The van der Waals surface area contributed by atoms with Gasteiger partial charge in [0, 0.05) is 23.5 Å². The first kappa shape index (κ1) is 13.3. The maximum Gasteiger partial charge on any atom is 0.0931 e. The van der Waals surface area contributed by atoms with E-state index in [2.05, 4.69) is 37.2 Å². The molecule has 17 heavy (non-hydrogen) atoms. The van der Waals surface area contributed by atoms with Crippen molar-refractivity contribution in [2.75, 3.05) is 20.1 Å². The molecule has 0 aliphatic carbocycles. The number of piperidine rings is 1. The monoisotopic (exact) mass is 272 g/mol. The molecule has 3 atom stereocenters. The summed E-state index contributed by atoms with van der Waals surface area (Å²) >= 11 is 7.66. The first-order valence-electron chi connectivity index (χ1n) is 6.26. The van der Waals surface area contributed by atoms with Crippen molar-refractivity contribution >= 4 is 22.9 Å². The van der Waals surface area contributed by atoms with Gasteiger partial charge in [-0.3, -0.25) is 0 Å². The third-order valence-electron chi connectivity index (χ3n) is 3.59. The summed E-state index contributed by atoms with van der Waals surface area (Å²) < 4.78 is 0.880. The number of hydrogen-bond acceptors (Lipinski definition) is 3. The van der Waals surface area contributed by atoms with Crippen molar-refractivity contribution in [3.63, 3.8) is 0 Å². The number of thiophene rings is 1. The second-order valence-corrected chi connectivity index (χ2v) is 6.91. The minimum absolute atomic E-state index is 0.406. The van der Waals surface area contributed by atoms with Gasteiger partial charge in [0.15, 0.2) is 0 Å². The molecule has 2 heterocycles. The summed E-state index contributed by atoms with van der Waals surface area (Å²) in [4.78, 5) is 3.75. The minimum atomic E-state index is 0.406. The van der Waals surface area contributed by atoms with Crippen LogP contribution in [0.2, 0.25) is 4.34 Å². The van der Waals surface area contributed by atoms with Gasteiger partial charge in [0.05, 0.1) is 4.34 Å². The summed E-state index contributed by atoms with van der Waals surface area (Å²) in [5, 5.41) is 3.74. The Hall–Kier alpha value is -0.0900. The number of nitrogens with one attached hydrogen (secondary N) is 1. The lowest BCUT2D eigenvalue weighted by Crippen LogP contribution is -2.47. The first-order chi connectivity index (χ1) is 8.06. The maximum absolute atomic E-state index is 5.98. The minimum Gasteiger partial charge on any atom is -0.306 e. The lowest BCUT2D eigenvalue weighted by Gasteiger charge is -2.36. The molecule has 1 fully saturated rings. The van der Waals surface area contributed by atoms with Crippen LogP contribution in [0.15, 0.2) is 12.1 Å². The standard InChI is InChI=1S/C13H21ClN2S/c1-9-8-16(3)7-6-11(9)15-10(2)12-4-5-13(14)17-12/h4-5,9-11,15H,6-8H2,1-3H3. The van der Waals surface area contributed by atoms with Gasteiger partial charge in [-0.05, 0) is 45.0 Å². The van der Waals surface area contributed by atoms with Crippen LogP contribution in [0.4, 0.5) is 0 Å². The summed E-state index contributed by atoms with van der Waals surface area (Å²) in [5.74, 6) is 0.714. The van der Waals surface area contributed by atoms with Crippen LogP contribution in [-0.2, 0) is 0 Å². The molecule has 0 bridgehead atoms. The molecule has 1 N–H and O–H groups in total. The predicted octanol–water partition coefficient (Wildman–Crippen LogP) is 3.39. The van der Waals surface area contributed by atoms with Crippen molar-refractivity contribution in [3.05, 3.63) is 21.3 Å². The molecule has 0 spiro atoms. The maximum atomic E-state index is 5.98. The highest BCUT2D eigenvalue weighted by atomic mass is 35.5. The highest BCUT2D eigenvalue weighted by molar-refractivity contribution is 7.16. The van der Waals surface area contributed by atoms with Crippen molar-refractivity contribution in [1.29, 1.82) is 0 Å². The first-order valence-corrected chi connectivity index (χ1v) is 7.45. The second kappa shape index (κ2) is 5.70. The molecule has 0 amide bonds. The largest absolute Gasteiger partial charge is 0.306 e. The number of rotatable bonds is 3. The molecule has 96 valence electrons. The van der Waals surface area contributed by atoms with Gasteiger partial charge in [0.2, 0.25) is 0 Å². The summed E-state index contributed by atoms with van der Waals surface area (Å²) in [6.07, 6.45) is 1.24. The van der Waals surface area contributed by atoms with Gasteiger partial charge in [-0.25, -0.2) is 0 Å². The van der Waals surface area contributed by atoms with Crippen LogP contribution >= 0.6 is 22.9 Å². The lowest BCUT2D eigenvalue weighted by molar-refractivity contribution is 0.168. The van der Waals surface area contributed by atoms with Gasteiger partial charge in [-0.1, -0.05) is 18.5 Å². The number of likely N-dealkylation sites (tertiary alicyclic amines) is 1. The number of nitrogens with zero attached hydrogens (tertiary/aromatic N) is 1. The van der Waals surface area contributed by atoms with Crippen LogP contribution in [0, 0.1) is 5.92 Å². The Kier molecular flexibility index (Phi) is 4.47. The molecule has 4 heteroatoms. The molecule has 3 unspecified atom stereocenters. The molecule has 1 aromatic heterocycles. The zero-order chi connectivity index (χ0) is 12.4. The fourth-order valence-electron chi connectivity index (χ4n) is 2.57. The van der Waals surface area contributed by atoms with E-state index in [9.17, 15) is 0 Å². The van der Waals surface area contributed by atoms with Gasteiger partial charge in [0.1, 0.15) is 0 Å². The zero-order valence-electron chi connectivity index (χ0n) is 10.7. The highest BCUT2D eigenvalue weighted by Crippen LogP contribution is 2.28. The van der Waals surface area contributed by atoms with E-state index >= 15 is 0 Å². The van der Waals surface area contributed by atoms with Gasteiger partial charge in [-0.2, -0.15) is 0 Å². The van der Waals surface area contributed by atoms with Crippen molar-refractivity contribution in [2.24, 2.45) is 5.92 Å². The van der Waals surface area contributed by atoms with Crippen molar-refractivity contribution in [2.45, 2.75) is 32.4 Å². The smallest absolute Gasteiger partial charge is 0.0931 e. The van der Waals surface area contributed by atoms with E-state index in [0.717, 1.165) is 4.34 Å². The Bertz CT molecular complexity index is 366. The topological polar surface area (TPSA) is 15.3 Å². The van der Waals surface area contributed by atoms with E-state index in [1.54, 1.807) is 11.3 Å². The molecule has 1 aliphatic rings. The molecular formula is C13H21ClN2S. The normalized spacial score (nSPS) is 28.2. The van der Waals surface area contributed by atoms with E-state index in [-0.39, 0.29) is 0 Å². The molecule has 2 nitrogen and oxygen atoms in total. The Morgan fingerprint density at radius 1 is 1.53 bits per heavy atom. The van der Waals surface area contributed by atoms with Crippen molar-refractivity contribution in [3.8, 4) is 0 Å². The van der Waals surface area contributed by atoms with Crippen LogP contribution in [0.25, 0.3) is 0 Å². The van der Waals surface area contributed by atoms with E-state index in [0.29, 0.717) is 18.0 Å². The molecule has 1 aromatic rings. The third-order valence-corrected chi connectivity index (χ3v) is 5.01. The molecule has 1 saturated heterocycles. The molecule has 1 aliphatic heterocycles. The van der Waals surface area contributed by atoms with Gasteiger partial charge in [0.25, 0.3) is 0 Å². The van der Waals surface area contributed by atoms with Crippen LogP contribution in [0.5, 0.6) is 0 Å². The Balaban J connectivity index is 1.92. The predicted molar refractivity (Wildman–Crippen MR) is 75.9 cm³/mol. The Morgan fingerprint density at radius 2 is 2.29 bits per heavy atom. The van der Waals surface area contributed by atoms with Gasteiger partial charge >= 0.3 is 0 Å². The van der Waals surface area contributed by atoms with Gasteiger partial charge < -0.3 is 10.2 Å². The molecule has 0 saturated carbocycles.